The molecule has 23 heavy (non-hydrogen) atoms. The molecule has 2 amide bonds. The van der Waals surface area contributed by atoms with Gasteiger partial charge in [-0.3, -0.25) is 20.4 Å². The van der Waals surface area contributed by atoms with Crippen LogP contribution in [-0.2, 0) is 4.79 Å². The summed E-state index contributed by atoms with van der Waals surface area (Å²) in [6.45, 7) is 1.51. The van der Waals surface area contributed by atoms with E-state index in [4.69, 9.17) is 16.3 Å². The lowest BCUT2D eigenvalue weighted by molar-refractivity contribution is -0.128. The first-order valence-electron chi connectivity index (χ1n) is 6.74. The molecular formula is C16H14ClFN2O3. The van der Waals surface area contributed by atoms with Gasteiger partial charge in [-0.05, 0) is 43.3 Å². The maximum Gasteiger partial charge on any atom is 0.279 e. The van der Waals surface area contributed by atoms with Gasteiger partial charge in [0, 0.05) is 5.02 Å². The molecule has 7 heteroatoms. The van der Waals surface area contributed by atoms with Crippen LogP contribution in [0.1, 0.15) is 17.3 Å². The molecular weight excluding hydrogens is 323 g/mol. The minimum absolute atomic E-state index is 0.168. The Morgan fingerprint density at radius 3 is 2.39 bits per heavy atom. The van der Waals surface area contributed by atoms with Crippen molar-refractivity contribution in [1.29, 1.82) is 0 Å². The number of carbonyl (C=O) groups is 2. The second-order valence-electron chi connectivity index (χ2n) is 4.64. The molecule has 2 aromatic carbocycles. The summed E-state index contributed by atoms with van der Waals surface area (Å²) in [5, 5.41) is 0.548. The van der Waals surface area contributed by atoms with E-state index in [9.17, 15) is 14.0 Å². The van der Waals surface area contributed by atoms with Crippen LogP contribution in [0.5, 0.6) is 5.75 Å². The van der Waals surface area contributed by atoms with Gasteiger partial charge in [-0.2, -0.15) is 0 Å². The first-order chi connectivity index (χ1) is 11.0. The zero-order valence-corrected chi connectivity index (χ0v) is 12.9. The van der Waals surface area contributed by atoms with Crippen molar-refractivity contribution in [3.05, 3.63) is 64.9 Å². The van der Waals surface area contributed by atoms with Gasteiger partial charge in [0.2, 0.25) is 0 Å². The predicted molar refractivity (Wildman–Crippen MR) is 83.6 cm³/mol. The van der Waals surface area contributed by atoms with Crippen molar-refractivity contribution in [2.45, 2.75) is 13.0 Å². The van der Waals surface area contributed by atoms with Crippen LogP contribution in [0.25, 0.3) is 0 Å². The molecule has 0 bridgehead atoms. The Labute approximate surface area is 137 Å². The van der Waals surface area contributed by atoms with Crippen LogP contribution in [0.15, 0.2) is 48.5 Å². The molecule has 0 fully saturated rings. The van der Waals surface area contributed by atoms with Gasteiger partial charge in [0.05, 0.1) is 5.56 Å². The Morgan fingerprint density at radius 2 is 1.74 bits per heavy atom. The fourth-order valence-corrected chi connectivity index (χ4v) is 1.83. The van der Waals surface area contributed by atoms with Crippen molar-refractivity contribution in [2.75, 3.05) is 0 Å². The molecule has 1 unspecified atom stereocenters. The van der Waals surface area contributed by atoms with Crippen molar-refractivity contribution >= 4 is 23.4 Å². The number of hydrogen-bond acceptors (Lipinski definition) is 3. The summed E-state index contributed by atoms with van der Waals surface area (Å²) in [6, 6.07) is 11.9. The third-order valence-corrected chi connectivity index (χ3v) is 3.17. The fraction of sp³-hybridized carbons (Fsp3) is 0.125. The summed E-state index contributed by atoms with van der Waals surface area (Å²) in [4.78, 5) is 23.6. The minimum atomic E-state index is -0.864. The minimum Gasteiger partial charge on any atom is -0.481 e. The lowest BCUT2D eigenvalue weighted by Gasteiger charge is -2.15. The second-order valence-corrected chi connectivity index (χ2v) is 5.07. The van der Waals surface area contributed by atoms with E-state index < -0.39 is 23.7 Å². The second kappa shape index (κ2) is 7.60. The summed E-state index contributed by atoms with van der Waals surface area (Å²) >= 11 is 5.75. The smallest absolute Gasteiger partial charge is 0.279 e. The number of carbonyl (C=O) groups excluding carboxylic acids is 2. The molecule has 0 aliphatic carbocycles. The molecule has 0 heterocycles. The molecule has 0 radical (unpaired) electrons. The molecule has 2 rings (SSSR count). The summed E-state index contributed by atoms with van der Waals surface area (Å²) in [7, 11) is 0. The lowest BCUT2D eigenvalue weighted by Crippen LogP contribution is -2.47. The third-order valence-electron chi connectivity index (χ3n) is 2.91. The average molecular weight is 337 g/mol. The highest BCUT2D eigenvalue weighted by Crippen LogP contribution is 2.16. The molecule has 2 N–H and O–H groups in total. The zero-order chi connectivity index (χ0) is 16.8. The molecule has 0 aliphatic rings. The standard InChI is InChI=1S/C16H14ClFN2O3/c1-10(23-12-8-6-11(17)7-9-12)15(21)19-20-16(22)13-4-2-3-5-14(13)18/h2-10H,1H3,(H,19,21)(H,20,22). The molecule has 0 saturated carbocycles. The summed E-state index contributed by atoms with van der Waals surface area (Å²) < 4.78 is 18.8. The first-order valence-corrected chi connectivity index (χ1v) is 7.12. The van der Waals surface area contributed by atoms with E-state index in [-0.39, 0.29) is 5.56 Å². The Hall–Kier alpha value is -2.60. The van der Waals surface area contributed by atoms with E-state index in [1.807, 2.05) is 0 Å². The van der Waals surface area contributed by atoms with Gasteiger partial charge in [-0.1, -0.05) is 23.7 Å². The molecule has 0 aromatic heterocycles. The van der Waals surface area contributed by atoms with E-state index in [1.165, 1.54) is 25.1 Å². The molecule has 5 nitrogen and oxygen atoms in total. The maximum absolute atomic E-state index is 13.4. The van der Waals surface area contributed by atoms with Crippen molar-refractivity contribution in [3.63, 3.8) is 0 Å². The monoisotopic (exact) mass is 336 g/mol. The first kappa shape index (κ1) is 16.8. The quantitative estimate of drug-likeness (QED) is 0.844. The van der Waals surface area contributed by atoms with Crippen LogP contribution in [-0.4, -0.2) is 17.9 Å². The molecule has 120 valence electrons. The van der Waals surface area contributed by atoms with Gasteiger partial charge >= 0.3 is 0 Å². The van der Waals surface area contributed by atoms with Crippen LogP contribution in [0, 0.1) is 5.82 Å². The summed E-state index contributed by atoms with van der Waals surface area (Å²) in [5.41, 5.74) is 4.15. The highest BCUT2D eigenvalue weighted by molar-refractivity contribution is 6.30. The SMILES string of the molecule is CC(Oc1ccc(Cl)cc1)C(=O)NNC(=O)c1ccccc1F. The van der Waals surface area contributed by atoms with Gasteiger partial charge in [0.1, 0.15) is 11.6 Å². The number of hydrazine groups is 1. The highest BCUT2D eigenvalue weighted by atomic mass is 35.5. The largest absolute Gasteiger partial charge is 0.481 e. The van der Waals surface area contributed by atoms with E-state index in [0.29, 0.717) is 10.8 Å². The Bertz CT molecular complexity index is 707. The third kappa shape index (κ3) is 4.69. The van der Waals surface area contributed by atoms with E-state index >= 15 is 0 Å². The molecule has 1 atom stereocenters. The van der Waals surface area contributed by atoms with Gasteiger partial charge in [-0.25, -0.2) is 4.39 Å². The molecule has 0 aliphatic heterocycles. The van der Waals surface area contributed by atoms with Crippen LogP contribution in [0.2, 0.25) is 5.02 Å². The number of halogens is 2. The Morgan fingerprint density at radius 1 is 1.09 bits per heavy atom. The average Bonchev–Trinajstić information content (AvgIpc) is 2.54. The molecule has 2 aromatic rings. The lowest BCUT2D eigenvalue weighted by atomic mass is 10.2. The molecule has 0 saturated heterocycles. The van der Waals surface area contributed by atoms with Crippen molar-refractivity contribution in [3.8, 4) is 5.75 Å². The van der Waals surface area contributed by atoms with E-state index in [2.05, 4.69) is 10.9 Å². The van der Waals surface area contributed by atoms with Crippen molar-refractivity contribution in [1.82, 2.24) is 10.9 Å². The number of rotatable bonds is 4. The van der Waals surface area contributed by atoms with Gasteiger partial charge in [-0.15, -0.1) is 0 Å². The highest BCUT2D eigenvalue weighted by Gasteiger charge is 2.17. The maximum atomic E-state index is 13.4. The van der Waals surface area contributed by atoms with Crippen molar-refractivity contribution < 1.29 is 18.7 Å². The summed E-state index contributed by atoms with van der Waals surface area (Å²) in [6.07, 6.45) is -0.864. The number of hydrogen-bond donors (Lipinski definition) is 2. The number of ether oxygens (including phenoxy) is 1. The van der Waals surface area contributed by atoms with Crippen LogP contribution in [0.4, 0.5) is 4.39 Å². The fourth-order valence-electron chi connectivity index (χ4n) is 1.70. The number of nitrogens with one attached hydrogen (secondary N) is 2. The van der Waals surface area contributed by atoms with Gasteiger partial charge in [0.15, 0.2) is 6.10 Å². The van der Waals surface area contributed by atoms with Gasteiger partial charge in [0.25, 0.3) is 11.8 Å². The van der Waals surface area contributed by atoms with Crippen LogP contribution in [0.3, 0.4) is 0 Å². The molecule has 0 spiro atoms. The normalized spacial score (nSPS) is 11.4. The van der Waals surface area contributed by atoms with Crippen LogP contribution >= 0.6 is 11.6 Å². The number of amides is 2. The Kier molecular flexibility index (Phi) is 5.54. The summed E-state index contributed by atoms with van der Waals surface area (Å²) in [5.74, 6) is -1.55. The van der Waals surface area contributed by atoms with Gasteiger partial charge < -0.3 is 4.74 Å². The van der Waals surface area contributed by atoms with E-state index in [0.717, 1.165) is 6.07 Å². The van der Waals surface area contributed by atoms with Crippen molar-refractivity contribution in [2.24, 2.45) is 0 Å². The zero-order valence-electron chi connectivity index (χ0n) is 12.2. The number of benzene rings is 2. The Balaban J connectivity index is 1.87. The topological polar surface area (TPSA) is 67.4 Å². The van der Waals surface area contributed by atoms with Crippen LogP contribution < -0.4 is 15.6 Å². The van der Waals surface area contributed by atoms with E-state index in [1.54, 1.807) is 24.3 Å². The predicted octanol–water partition coefficient (Wildman–Crippen LogP) is 2.71.